The summed E-state index contributed by atoms with van der Waals surface area (Å²) in [6.07, 6.45) is 0. The molecule has 0 aromatic heterocycles. The topological polar surface area (TPSA) is 35.2 Å². The van der Waals surface area contributed by atoms with Crippen LogP contribution in [0.25, 0.3) is 0 Å². The Morgan fingerprint density at radius 3 is 2.20 bits per heavy atom. The molecule has 0 saturated heterocycles. The van der Waals surface area contributed by atoms with Crippen molar-refractivity contribution in [1.29, 1.82) is 0 Å². The number of rotatable bonds is 4. The predicted octanol–water partition coefficient (Wildman–Crippen LogP) is 3.66. The van der Waals surface area contributed by atoms with Gasteiger partial charge in [-0.15, -0.1) is 0 Å². The Kier molecular flexibility index (Phi) is 4.35. The summed E-state index contributed by atoms with van der Waals surface area (Å²) in [6.45, 7) is 4.30. The van der Waals surface area contributed by atoms with Gasteiger partial charge in [0, 0.05) is 5.56 Å². The first-order valence-corrected chi connectivity index (χ1v) is 6.66. The van der Waals surface area contributed by atoms with Crippen LogP contribution >= 0.6 is 12.2 Å². The normalized spacial score (nSPS) is 10.3. The van der Waals surface area contributed by atoms with Crippen LogP contribution in [0.2, 0.25) is 0 Å². The van der Waals surface area contributed by atoms with E-state index < -0.39 is 0 Å². The van der Waals surface area contributed by atoms with Gasteiger partial charge in [0.25, 0.3) is 0 Å². The van der Waals surface area contributed by atoms with E-state index in [1.54, 1.807) is 12.1 Å². The van der Waals surface area contributed by atoms with Gasteiger partial charge in [-0.3, -0.25) is 0 Å². The first-order valence-electron chi connectivity index (χ1n) is 6.25. The smallest absolute Gasteiger partial charge is 0.125 e. The average Bonchev–Trinajstić information content (AvgIpc) is 2.39. The number of benzene rings is 2. The molecule has 2 N–H and O–H groups in total. The molecule has 20 heavy (non-hydrogen) atoms. The molecule has 0 spiro atoms. The quantitative estimate of drug-likeness (QED) is 0.873. The molecular weight excluding hydrogens is 273 g/mol. The third-order valence-corrected chi connectivity index (χ3v) is 3.28. The standard InChI is InChI=1S/C16H16FNOS/c1-10-7-13(16(18)20)8-11(2)15(10)19-9-12-3-5-14(17)6-4-12/h3-8H,9H2,1-2H3,(H2,18,20). The van der Waals surface area contributed by atoms with Gasteiger partial charge in [-0.05, 0) is 54.8 Å². The summed E-state index contributed by atoms with van der Waals surface area (Å²) in [5.41, 5.74) is 9.36. The van der Waals surface area contributed by atoms with Gasteiger partial charge in [-0.1, -0.05) is 24.4 Å². The third kappa shape index (κ3) is 3.33. The second-order valence-electron chi connectivity index (χ2n) is 4.72. The number of aryl methyl sites for hydroxylation is 2. The van der Waals surface area contributed by atoms with Crippen LogP contribution in [0.15, 0.2) is 36.4 Å². The van der Waals surface area contributed by atoms with Gasteiger partial charge < -0.3 is 10.5 Å². The second-order valence-corrected chi connectivity index (χ2v) is 5.16. The molecule has 2 nitrogen and oxygen atoms in total. The highest BCUT2D eigenvalue weighted by atomic mass is 32.1. The van der Waals surface area contributed by atoms with Crippen LogP contribution in [0, 0.1) is 19.7 Å². The van der Waals surface area contributed by atoms with Crippen LogP contribution in [-0.2, 0) is 6.61 Å². The van der Waals surface area contributed by atoms with E-state index in [4.69, 9.17) is 22.7 Å². The number of halogens is 1. The molecule has 0 radical (unpaired) electrons. The first-order chi connectivity index (χ1) is 9.47. The molecule has 0 saturated carbocycles. The Bertz CT molecular complexity index is 614. The van der Waals surface area contributed by atoms with E-state index >= 15 is 0 Å². The summed E-state index contributed by atoms with van der Waals surface area (Å²) >= 11 is 4.98. The number of thiocarbonyl (C=S) groups is 1. The lowest BCUT2D eigenvalue weighted by molar-refractivity contribution is 0.302. The molecule has 0 aliphatic heterocycles. The van der Waals surface area contributed by atoms with Gasteiger partial charge in [0.2, 0.25) is 0 Å². The van der Waals surface area contributed by atoms with Gasteiger partial charge in [0.05, 0.1) is 0 Å². The maximum absolute atomic E-state index is 12.8. The van der Waals surface area contributed by atoms with Crippen molar-refractivity contribution < 1.29 is 9.13 Å². The molecule has 0 bridgehead atoms. The molecule has 2 aromatic carbocycles. The first kappa shape index (κ1) is 14.5. The molecule has 2 aromatic rings. The number of ether oxygens (including phenoxy) is 1. The molecule has 0 aliphatic rings. The van der Waals surface area contributed by atoms with E-state index in [9.17, 15) is 4.39 Å². The minimum Gasteiger partial charge on any atom is -0.488 e. The summed E-state index contributed by atoms with van der Waals surface area (Å²) in [5.74, 6) is 0.566. The van der Waals surface area contributed by atoms with E-state index in [-0.39, 0.29) is 5.82 Å². The van der Waals surface area contributed by atoms with Crippen LogP contribution in [0.4, 0.5) is 4.39 Å². The monoisotopic (exact) mass is 289 g/mol. The van der Waals surface area contributed by atoms with Crippen molar-refractivity contribution in [1.82, 2.24) is 0 Å². The molecule has 0 heterocycles. The maximum Gasteiger partial charge on any atom is 0.125 e. The Morgan fingerprint density at radius 2 is 1.70 bits per heavy atom. The zero-order valence-electron chi connectivity index (χ0n) is 11.4. The van der Waals surface area contributed by atoms with Gasteiger partial charge in [-0.2, -0.15) is 0 Å². The fourth-order valence-corrected chi connectivity index (χ4v) is 2.17. The Hall–Kier alpha value is -1.94. The highest BCUT2D eigenvalue weighted by molar-refractivity contribution is 7.80. The molecule has 4 heteroatoms. The SMILES string of the molecule is Cc1cc(C(N)=S)cc(C)c1OCc1ccc(F)cc1. The summed E-state index contributed by atoms with van der Waals surface area (Å²) < 4.78 is 18.7. The van der Waals surface area contributed by atoms with E-state index in [0.29, 0.717) is 11.6 Å². The fourth-order valence-electron chi connectivity index (χ4n) is 2.06. The van der Waals surface area contributed by atoms with Gasteiger partial charge in [0.15, 0.2) is 0 Å². The zero-order valence-corrected chi connectivity index (χ0v) is 12.3. The van der Waals surface area contributed by atoms with Crippen LogP contribution in [-0.4, -0.2) is 4.99 Å². The van der Waals surface area contributed by atoms with Crippen molar-refractivity contribution >= 4 is 17.2 Å². The molecule has 0 fully saturated rings. The van der Waals surface area contributed by atoms with E-state index in [2.05, 4.69) is 0 Å². The second kappa shape index (κ2) is 6.01. The number of hydrogen-bond acceptors (Lipinski definition) is 2. The molecule has 104 valence electrons. The van der Waals surface area contributed by atoms with Crippen molar-refractivity contribution in [3.05, 3.63) is 64.5 Å². The van der Waals surface area contributed by atoms with E-state index in [1.807, 2.05) is 26.0 Å². The lowest BCUT2D eigenvalue weighted by Crippen LogP contribution is -2.10. The minimum atomic E-state index is -0.248. The van der Waals surface area contributed by atoms with Crippen molar-refractivity contribution in [3.8, 4) is 5.75 Å². The lowest BCUT2D eigenvalue weighted by Gasteiger charge is -2.14. The lowest BCUT2D eigenvalue weighted by atomic mass is 10.1. The molecule has 0 atom stereocenters. The average molecular weight is 289 g/mol. The van der Waals surface area contributed by atoms with Gasteiger partial charge >= 0.3 is 0 Å². The zero-order chi connectivity index (χ0) is 14.7. The molecular formula is C16H16FNOS. The molecule has 2 rings (SSSR count). The van der Waals surface area contributed by atoms with Crippen molar-refractivity contribution in [2.24, 2.45) is 5.73 Å². The fraction of sp³-hybridized carbons (Fsp3) is 0.188. The summed E-state index contributed by atoms with van der Waals surface area (Å²) in [5, 5.41) is 0. The molecule has 0 unspecified atom stereocenters. The third-order valence-electron chi connectivity index (χ3n) is 3.04. The number of hydrogen-bond donors (Lipinski definition) is 1. The van der Waals surface area contributed by atoms with Crippen molar-refractivity contribution in [2.45, 2.75) is 20.5 Å². The predicted molar refractivity (Wildman–Crippen MR) is 82.5 cm³/mol. The highest BCUT2D eigenvalue weighted by Gasteiger charge is 2.08. The van der Waals surface area contributed by atoms with Crippen LogP contribution in [0.5, 0.6) is 5.75 Å². The van der Waals surface area contributed by atoms with Gasteiger partial charge in [-0.25, -0.2) is 4.39 Å². The van der Waals surface area contributed by atoms with Crippen molar-refractivity contribution in [3.63, 3.8) is 0 Å². The largest absolute Gasteiger partial charge is 0.488 e. The van der Waals surface area contributed by atoms with Crippen LogP contribution in [0.1, 0.15) is 22.3 Å². The van der Waals surface area contributed by atoms with Crippen LogP contribution < -0.4 is 10.5 Å². The summed E-state index contributed by atoms with van der Waals surface area (Å²) in [7, 11) is 0. The van der Waals surface area contributed by atoms with Crippen LogP contribution in [0.3, 0.4) is 0 Å². The molecule has 0 aliphatic carbocycles. The Morgan fingerprint density at radius 1 is 1.15 bits per heavy atom. The Labute approximate surface area is 123 Å². The minimum absolute atomic E-state index is 0.248. The Balaban J connectivity index is 2.17. The molecule has 0 amide bonds. The summed E-state index contributed by atoms with van der Waals surface area (Å²) in [6, 6.07) is 10.1. The van der Waals surface area contributed by atoms with E-state index in [0.717, 1.165) is 28.0 Å². The number of nitrogens with two attached hydrogens (primary N) is 1. The maximum atomic E-state index is 12.8. The highest BCUT2D eigenvalue weighted by Crippen LogP contribution is 2.25. The van der Waals surface area contributed by atoms with E-state index in [1.165, 1.54) is 12.1 Å². The summed E-state index contributed by atoms with van der Waals surface area (Å²) in [4.78, 5) is 0.376. The van der Waals surface area contributed by atoms with Crippen molar-refractivity contribution in [2.75, 3.05) is 0 Å². The van der Waals surface area contributed by atoms with Gasteiger partial charge in [0.1, 0.15) is 23.2 Å².